The van der Waals surface area contributed by atoms with Crippen LogP contribution in [-0.2, 0) is 0 Å². The van der Waals surface area contributed by atoms with Gasteiger partial charge in [0.1, 0.15) is 5.75 Å². The smallest absolute Gasteiger partial charge is 0.335 e. The number of carboxylic acids is 1. The summed E-state index contributed by atoms with van der Waals surface area (Å²) in [7, 11) is 0. The van der Waals surface area contributed by atoms with E-state index in [1.165, 1.54) is 12.8 Å². The van der Waals surface area contributed by atoms with Crippen LogP contribution in [0.25, 0.3) is 11.1 Å². The highest BCUT2D eigenvalue weighted by atomic mass is 35.5. The van der Waals surface area contributed by atoms with Crippen molar-refractivity contribution in [2.45, 2.75) is 26.2 Å². The lowest BCUT2D eigenvalue weighted by Gasteiger charge is -2.07. The van der Waals surface area contributed by atoms with Crippen molar-refractivity contribution >= 4 is 18.4 Å². The van der Waals surface area contributed by atoms with Crippen LogP contribution in [0.4, 0.5) is 0 Å². The third-order valence-corrected chi connectivity index (χ3v) is 3.34. The van der Waals surface area contributed by atoms with Crippen LogP contribution in [0.15, 0.2) is 48.5 Å². The molecule has 1 N–H and O–H groups in total. The first-order chi connectivity index (χ1) is 10.2. The molecular weight excluding hydrogens is 300 g/mol. The molecule has 22 heavy (non-hydrogen) atoms. The number of carbonyl (C=O) groups is 1. The third kappa shape index (κ3) is 5.08. The van der Waals surface area contributed by atoms with Crippen LogP contribution in [-0.4, -0.2) is 17.7 Å². The molecule has 118 valence electrons. The number of halogens is 1. The average Bonchev–Trinajstić information content (AvgIpc) is 2.52. The maximum atomic E-state index is 10.8. The van der Waals surface area contributed by atoms with Crippen molar-refractivity contribution in [2.24, 2.45) is 0 Å². The largest absolute Gasteiger partial charge is 0.494 e. The molecule has 0 saturated carbocycles. The SMILES string of the molecule is CCCCCOc1ccc(-c2ccc(C(=O)O)cc2)cc1.Cl. The predicted molar refractivity (Wildman–Crippen MR) is 91.1 cm³/mol. The summed E-state index contributed by atoms with van der Waals surface area (Å²) in [6, 6.07) is 14.8. The normalized spacial score (nSPS) is 9.86. The van der Waals surface area contributed by atoms with Gasteiger partial charge >= 0.3 is 5.97 Å². The molecule has 0 bridgehead atoms. The lowest BCUT2D eigenvalue weighted by molar-refractivity contribution is 0.0697. The Labute approximate surface area is 137 Å². The van der Waals surface area contributed by atoms with E-state index in [4.69, 9.17) is 9.84 Å². The van der Waals surface area contributed by atoms with E-state index >= 15 is 0 Å². The number of aromatic carboxylic acids is 1. The summed E-state index contributed by atoms with van der Waals surface area (Å²) < 4.78 is 5.67. The second kappa shape index (κ2) is 9.11. The molecule has 4 heteroatoms. The standard InChI is InChI=1S/C18H20O3.ClH/c1-2-3-4-13-21-17-11-9-15(10-12-17)14-5-7-16(8-6-14)18(19)20;/h5-12H,2-4,13H2,1H3,(H,19,20);1H. The van der Waals surface area contributed by atoms with E-state index in [0.29, 0.717) is 5.56 Å². The quantitative estimate of drug-likeness (QED) is 0.727. The average molecular weight is 321 g/mol. The van der Waals surface area contributed by atoms with E-state index in [-0.39, 0.29) is 12.4 Å². The maximum Gasteiger partial charge on any atom is 0.335 e. The van der Waals surface area contributed by atoms with Gasteiger partial charge in [-0.3, -0.25) is 0 Å². The van der Waals surface area contributed by atoms with Gasteiger partial charge in [0.05, 0.1) is 12.2 Å². The fourth-order valence-corrected chi connectivity index (χ4v) is 2.09. The minimum Gasteiger partial charge on any atom is -0.494 e. The summed E-state index contributed by atoms with van der Waals surface area (Å²) in [5, 5.41) is 8.89. The molecule has 0 aliphatic heterocycles. The summed E-state index contributed by atoms with van der Waals surface area (Å²) in [6.45, 7) is 2.92. The molecular formula is C18H21ClO3. The molecule has 0 fully saturated rings. The van der Waals surface area contributed by atoms with Crippen LogP contribution in [0.1, 0.15) is 36.5 Å². The van der Waals surface area contributed by atoms with Crippen molar-refractivity contribution in [1.29, 1.82) is 0 Å². The summed E-state index contributed by atoms with van der Waals surface area (Å²) >= 11 is 0. The Balaban J connectivity index is 0.00000242. The fraction of sp³-hybridized carbons (Fsp3) is 0.278. The van der Waals surface area contributed by atoms with E-state index in [0.717, 1.165) is 29.9 Å². The van der Waals surface area contributed by atoms with E-state index in [1.807, 2.05) is 36.4 Å². The Morgan fingerprint density at radius 2 is 1.50 bits per heavy atom. The molecule has 0 aliphatic rings. The molecule has 2 rings (SSSR count). The van der Waals surface area contributed by atoms with Gasteiger partial charge in [-0.25, -0.2) is 4.79 Å². The molecule has 0 aliphatic carbocycles. The van der Waals surface area contributed by atoms with E-state index < -0.39 is 5.97 Å². The zero-order valence-electron chi connectivity index (χ0n) is 12.6. The molecule has 3 nitrogen and oxygen atoms in total. The zero-order chi connectivity index (χ0) is 15.1. The third-order valence-electron chi connectivity index (χ3n) is 3.34. The number of carboxylic acid groups (broad SMARTS) is 1. The van der Waals surface area contributed by atoms with Gasteiger partial charge in [0.15, 0.2) is 0 Å². The van der Waals surface area contributed by atoms with E-state index in [9.17, 15) is 4.79 Å². The van der Waals surface area contributed by atoms with Crippen LogP contribution in [0.5, 0.6) is 5.75 Å². The summed E-state index contributed by atoms with van der Waals surface area (Å²) in [5.41, 5.74) is 2.35. The number of ether oxygens (including phenoxy) is 1. The first-order valence-electron chi connectivity index (χ1n) is 7.27. The summed E-state index contributed by atoms with van der Waals surface area (Å²) in [5.74, 6) is -0.0330. The van der Waals surface area contributed by atoms with Gasteiger partial charge < -0.3 is 9.84 Å². The second-order valence-electron chi connectivity index (χ2n) is 4.96. The van der Waals surface area contributed by atoms with Crippen LogP contribution < -0.4 is 4.74 Å². The Morgan fingerprint density at radius 3 is 2.00 bits per heavy atom. The highest BCUT2D eigenvalue weighted by Crippen LogP contribution is 2.23. The molecule has 0 atom stereocenters. The molecule has 0 radical (unpaired) electrons. The number of hydrogen-bond donors (Lipinski definition) is 1. The van der Waals surface area contributed by atoms with E-state index in [1.54, 1.807) is 12.1 Å². The van der Waals surface area contributed by atoms with Crippen molar-refractivity contribution in [1.82, 2.24) is 0 Å². The van der Waals surface area contributed by atoms with Gasteiger partial charge in [-0.05, 0) is 41.8 Å². The topological polar surface area (TPSA) is 46.5 Å². The monoisotopic (exact) mass is 320 g/mol. The fourth-order valence-electron chi connectivity index (χ4n) is 2.09. The first-order valence-corrected chi connectivity index (χ1v) is 7.27. The highest BCUT2D eigenvalue weighted by Gasteiger charge is 2.03. The van der Waals surface area contributed by atoms with Gasteiger partial charge in [0, 0.05) is 0 Å². The van der Waals surface area contributed by atoms with E-state index in [2.05, 4.69) is 6.92 Å². The number of unbranched alkanes of at least 4 members (excludes halogenated alkanes) is 2. The van der Waals surface area contributed by atoms with Crippen molar-refractivity contribution in [2.75, 3.05) is 6.61 Å². The Kier molecular flexibility index (Phi) is 7.47. The van der Waals surface area contributed by atoms with Crippen molar-refractivity contribution in [3.63, 3.8) is 0 Å². The van der Waals surface area contributed by atoms with Gasteiger partial charge in [-0.2, -0.15) is 0 Å². The van der Waals surface area contributed by atoms with Crippen LogP contribution >= 0.6 is 12.4 Å². The molecule has 0 unspecified atom stereocenters. The summed E-state index contributed by atoms with van der Waals surface area (Å²) in [6.07, 6.45) is 3.46. The Hall–Kier alpha value is -2.00. The minimum absolute atomic E-state index is 0. The Bertz CT molecular complexity index is 576. The van der Waals surface area contributed by atoms with Crippen LogP contribution in [0.2, 0.25) is 0 Å². The van der Waals surface area contributed by atoms with Crippen molar-refractivity contribution in [3.8, 4) is 16.9 Å². The lowest BCUT2D eigenvalue weighted by atomic mass is 10.0. The van der Waals surface area contributed by atoms with Gasteiger partial charge in [-0.15, -0.1) is 12.4 Å². The Morgan fingerprint density at radius 1 is 0.955 bits per heavy atom. The first kappa shape index (κ1) is 18.1. The number of benzene rings is 2. The maximum absolute atomic E-state index is 10.8. The molecule has 0 spiro atoms. The van der Waals surface area contributed by atoms with Crippen molar-refractivity contribution < 1.29 is 14.6 Å². The molecule has 0 heterocycles. The molecule has 0 amide bonds. The highest BCUT2D eigenvalue weighted by molar-refractivity contribution is 5.88. The molecule has 0 aromatic heterocycles. The number of rotatable bonds is 7. The summed E-state index contributed by atoms with van der Waals surface area (Å²) in [4.78, 5) is 10.8. The molecule has 0 saturated heterocycles. The van der Waals surface area contributed by atoms with Gasteiger partial charge in [-0.1, -0.05) is 44.0 Å². The molecule has 2 aromatic rings. The van der Waals surface area contributed by atoms with Crippen molar-refractivity contribution in [3.05, 3.63) is 54.1 Å². The minimum atomic E-state index is -0.905. The van der Waals surface area contributed by atoms with Crippen LogP contribution in [0, 0.1) is 0 Å². The molecule has 2 aromatic carbocycles. The van der Waals surface area contributed by atoms with Gasteiger partial charge in [0.25, 0.3) is 0 Å². The van der Waals surface area contributed by atoms with Gasteiger partial charge in [0.2, 0.25) is 0 Å². The zero-order valence-corrected chi connectivity index (χ0v) is 13.4. The second-order valence-corrected chi connectivity index (χ2v) is 4.96. The van der Waals surface area contributed by atoms with Crippen LogP contribution in [0.3, 0.4) is 0 Å². The predicted octanol–water partition coefficient (Wildman–Crippen LogP) is 5.04. The number of hydrogen-bond acceptors (Lipinski definition) is 2. The lowest BCUT2D eigenvalue weighted by Crippen LogP contribution is -1.97.